The Labute approximate surface area is 139 Å². The van der Waals surface area contributed by atoms with Gasteiger partial charge < -0.3 is 9.88 Å². The summed E-state index contributed by atoms with van der Waals surface area (Å²) >= 11 is 0. The number of nitrogens with one attached hydrogen (secondary N) is 1. The molecule has 23 heavy (non-hydrogen) atoms. The van der Waals surface area contributed by atoms with Crippen molar-refractivity contribution in [1.29, 1.82) is 0 Å². The van der Waals surface area contributed by atoms with Crippen LogP contribution in [0.5, 0.6) is 0 Å². The van der Waals surface area contributed by atoms with Gasteiger partial charge in [0.1, 0.15) is 5.82 Å². The second-order valence-corrected chi connectivity index (χ2v) is 6.97. The van der Waals surface area contributed by atoms with E-state index in [1.165, 1.54) is 75.8 Å². The SMILES string of the molecule is Cc1ncc2[nH]c(C)c(CCCCCCN3CCCCC3)c2n1. The highest BCUT2D eigenvalue weighted by Crippen LogP contribution is 2.22. The minimum Gasteiger partial charge on any atom is -0.356 e. The Bertz CT molecular complexity index is 626. The zero-order chi connectivity index (χ0) is 16.1. The van der Waals surface area contributed by atoms with Crippen molar-refractivity contribution in [2.75, 3.05) is 19.6 Å². The highest BCUT2D eigenvalue weighted by molar-refractivity contribution is 5.79. The van der Waals surface area contributed by atoms with Gasteiger partial charge in [0.2, 0.25) is 0 Å². The summed E-state index contributed by atoms with van der Waals surface area (Å²) in [6, 6.07) is 0. The summed E-state index contributed by atoms with van der Waals surface area (Å²) in [5.74, 6) is 0.860. The van der Waals surface area contributed by atoms with Crippen LogP contribution < -0.4 is 0 Å². The number of hydrogen-bond acceptors (Lipinski definition) is 3. The Balaban J connectivity index is 1.42. The van der Waals surface area contributed by atoms with Crippen molar-refractivity contribution in [2.24, 2.45) is 0 Å². The third-order valence-corrected chi connectivity index (χ3v) is 5.07. The van der Waals surface area contributed by atoms with Crippen LogP contribution in [-0.2, 0) is 6.42 Å². The fraction of sp³-hybridized carbons (Fsp3) is 0.684. The largest absolute Gasteiger partial charge is 0.356 e. The molecule has 0 radical (unpaired) electrons. The lowest BCUT2D eigenvalue weighted by Crippen LogP contribution is -2.30. The molecule has 0 spiro atoms. The first kappa shape index (κ1) is 16.4. The van der Waals surface area contributed by atoms with E-state index < -0.39 is 0 Å². The number of fused-ring (bicyclic) bond motifs is 1. The number of hydrogen-bond donors (Lipinski definition) is 1. The summed E-state index contributed by atoms with van der Waals surface area (Å²) in [7, 11) is 0. The van der Waals surface area contributed by atoms with Gasteiger partial charge in [0.05, 0.1) is 17.2 Å². The van der Waals surface area contributed by atoms with Crippen molar-refractivity contribution in [3.05, 3.63) is 23.3 Å². The number of aryl methyl sites for hydroxylation is 3. The van der Waals surface area contributed by atoms with Crippen LogP contribution in [0.25, 0.3) is 11.0 Å². The van der Waals surface area contributed by atoms with Crippen LogP contribution in [0.1, 0.15) is 62.0 Å². The van der Waals surface area contributed by atoms with Crippen LogP contribution in [0.2, 0.25) is 0 Å². The van der Waals surface area contributed by atoms with Crippen LogP contribution in [-0.4, -0.2) is 39.5 Å². The molecule has 0 aliphatic carbocycles. The van der Waals surface area contributed by atoms with E-state index in [-0.39, 0.29) is 0 Å². The van der Waals surface area contributed by atoms with Crippen molar-refractivity contribution in [3.8, 4) is 0 Å². The van der Waals surface area contributed by atoms with Crippen LogP contribution in [0, 0.1) is 13.8 Å². The third kappa shape index (κ3) is 4.31. The Kier molecular flexibility index (Phi) is 5.65. The number of nitrogens with zero attached hydrogens (tertiary/aromatic N) is 3. The summed E-state index contributed by atoms with van der Waals surface area (Å²) < 4.78 is 0. The van der Waals surface area contributed by atoms with Crippen LogP contribution in [0.15, 0.2) is 6.20 Å². The lowest BCUT2D eigenvalue weighted by atomic mass is 10.1. The van der Waals surface area contributed by atoms with E-state index in [0.29, 0.717) is 0 Å². The topological polar surface area (TPSA) is 44.8 Å². The summed E-state index contributed by atoms with van der Waals surface area (Å²) in [4.78, 5) is 15.0. The molecular weight excluding hydrogens is 284 g/mol. The molecule has 0 saturated carbocycles. The van der Waals surface area contributed by atoms with Crippen LogP contribution >= 0.6 is 0 Å². The molecule has 2 aromatic heterocycles. The van der Waals surface area contributed by atoms with Gasteiger partial charge in [0, 0.05) is 5.69 Å². The van der Waals surface area contributed by atoms with E-state index in [1.54, 1.807) is 0 Å². The minimum absolute atomic E-state index is 0.860. The Morgan fingerprint density at radius 2 is 1.83 bits per heavy atom. The molecule has 0 amide bonds. The van der Waals surface area contributed by atoms with Crippen LogP contribution in [0.3, 0.4) is 0 Å². The second kappa shape index (κ2) is 7.91. The van der Waals surface area contributed by atoms with Gasteiger partial charge in [-0.05, 0) is 71.1 Å². The fourth-order valence-electron chi connectivity index (χ4n) is 3.73. The highest BCUT2D eigenvalue weighted by atomic mass is 15.1. The summed E-state index contributed by atoms with van der Waals surface area (Å²) in [6.45, 7) is 8.08. The molecule has 0 aromatic carbocycles. The zero-order valence-electron chi connectivity index (χ0n) is 14.7. The number of H-pyrrole nitrogens is 1. The molecule has 1 aliphatic heterocycles. The molecule has 3 rings (SSSR count). The predicted octanol–water partition coefficient (Wildman–Crippen LogP) is 4.16. The van der Waals surface area contributed by atoms with E-state index >= 15 is 0 Å². The van der Waals surface area contributed by atoms with Gasteiger partial charge in [0.15, 0.2) is 0 Å². The lowest BCUT2D eigenvalue weighted by Gasteiger charge is -2.26. The average Bonchev–Trinajstić information content (AvgIpc) is 2.87. The molecule has 1 saturated heterocycles. The fourth-order valence-corrected chi connectivity index (χ4v) is 3.73. The summed E-state index contributed by atoms with van der Waals surface area (Å²) in [6.07, 6.45) is 12.6. The maximum absolute atomic E-state index is 4.62. The van der Waals surface area contributed by atoms with Gasteiger partial charge in [0.25, 0.3) is 0 Å². The smallest absolute Gasteiger partial charge is 0.126 e. The predicted molar refractivity (Wildman–Crippen MR) is 95.8 cm³/mol. The first-order chi connectivity index (χ1) is 11.2. The molecule has 2 aromatic rings. The molecule has 0 bridgehead atoms. The number of piperidine rings is 1. The van der Waals surface area contributed by atoms with Gasteiger partial charge in [-0.25, -0.2) is 9.97 Å². The highest BCUT2D eigenvalue weighted by Gasteiger charge is 2.11. The molecule has 1 aliphatic rings. The normalized spacial score (nSPS) is 16.3. The molecule has 4 heteroatoms. The van der Waals surface area contributed by atoms with E-state index in [1.807, 2.05) is 13.1 Å². The Morgan fingerprint density at radius 3 is 2.65 bits per heavy atom. The second-order valence-electron chi connectivity index (χ2n) is 6.97. The maximum atomic E-state index is 4.62. The molecule has 4 nitrogen and oxygen atoms in total. The zero-order valence-corrected chi connectivity index (χ0v) is 14.7. The monoisotopic (exact) mass is 314 g/mol. The van der Waals surface area contributed by atoms with Gasteiger partial charge >= 0.3 is 0 Å². The summed E-state index contributed by atoms with van der Waals surface area (Å²) in [5.41, 5.74) is 4.85. The van der Waals surface area contributed by atoms with Gasteiger partial charge in [-0.1, -0.05) is 19.3 Å². The average molecular weight is 314 g/mol. The Morgan fingerprint density at radius 1 is 1.04 bits per heavy atom. The quantitative estimate of drug-likeness (QED) is 0.780. The van der Waals surface area contributed by atoms with Gasteiger partial charge in [-0.3, -0.25) is 0 Å². The molecule has 0 unspecified atom stereocenters. The van der Waals surface area contributed by atoms with E-state index in [4.69, 9.17) is 0 Å². The number of rotatable bonds is 7. The molecule has 126 valence electrons. The molecule has 1 N–H and O–H groups in total. The van der Waals surface area contributed by atoms with Crippen LogP contribution in [0.4, 0.5) is 0 Å². The number of likely N-dealkylation sites (tertiary alicyclic amines) is 1. The van der Waals surface area contributed by atoms with E-state index in [2.05, 4.69) is 26.8 Å². The molecule has 1 fully saturated rings. The number of aromatic amines is 1. The number of unbranched alkanes of at least 4 members (excludes halogenated alkanes) is 3. The van der Waals surface area contributed by atoms with Crippen molar-refractivity contribution in [2.45, 2.75) is 65.2 Å². The van der Waals surface area contributed by atoms with Crippen molar-refractivity contribution in [3.63, 3.8) is 0 Å². The van der Waals surface area contributed by atoms with E-state index in [0.717, 1.165) is 23.3 Å². The molecule has 0 atom stereocenters. The van der Waals surface area contributed by atoms with E-state index in [9.17, 15) is 0 Å². The minimum atomic E-state index is 0.860. The first-order valence-electron chi connectivity index (χ1n) is 9.27. The van der Waals surface area contributed by atoms with Gasteiger partial charge in [-0.15, -0.1) is 0 Å². The van der Waals surface area contributed by atoms with Crippen molar-refractivity contribution < 1.29 is 0 Å². The summed E-state index contributed by atoms with van der Waals surface area (Å²) in [5, 5.41) is 0. The molecule has 3 heterocycles. The number of aromatic nitrogens is 3. The van der Waals surface area contributed by atoms with Crippen molar-refractivity contribution >= 4 is 11.0 Å². The van der Waals surface area contributed by atoms with Crippen molar-refractivity contribution in [1.82, 2.24) is 19.9 Å². The third-order valence-electron chi connectivity index (χ3n) is 5.07. The lowest BCUT2D eigenvalue weighted by molar-refractivity contribution is 0.224. The van der Waals surface area contributed by atoms with Gasteiger partial charge in [-0.2, -0.15) is 0 Å². The first-order valence-corrected chi connectivity index (χ1v) is 9.27. The molecular formula is C19H30N4. The Hall–Kier alpha value is -1.42. The maximum Gasteiger partial charge on any atom is 0.126 e. The standard InChI is InChI=1S/C19H30N4/c1-15-17(19-18(21-15)14-20-16(2)22-19)10-6-3-4-7-11-23-12-8-5-9-13-23/h14,21H,3-13H2,1-2H3.